The molecule has 1 aromatic carbocycles. The normalized spacial score (nSPS) is 15.1. The second-order valence-electron chi connectivity index (χ2n) is 5.11. The van der Waals surface area contributed by atoms with E-state index in [4.69, 9.17) is 0 Å². The van der Waals surface area contributed by atoms with E-state index in [1.807, 2.05) is 44.2 Å². The molecule has 0 aliphatic rings. The monoisotopic (exact) mass is 250 g/mol. The Morgan fingerprint density at radius 3 is 2.06 bits per heavy atom. The molecule has 0 aliphatic heterocycles. The van der Waals surface area contributed by atoms with E-state index in [2.05, 4.69) is 0 Å². The predicted molar refractivity (Wildman–Crippen MR) is 71.3 cm³/mol. The number of benzene rings is 1. The van der Waals surface area contributed by atoms with Crippen molar-refractivity contribution in [2.45, 2.75) is 45.6 Å². The van der Waals surface area contributed by atoms with Crippen LogP contribution in [0.15, 0.2) is 30.3 Å². The van der Waals surface area contributed by atoms with Gasteiger partial charge in [0.1, 0.15) is 0 Å². The van der Waals surface area contributed by atoms with Crippen LogP contribution in [0.2, 0.25) is 0 Å². The van der Waals surface area contributed by atoms with E-state index in [1.165, 1.54) is 0 Å². The van der Waals surface area contributed by atoms with Gasteiger partial charge in [0.05, 0.1) is 11.0 Å². The Hall–Kier alpha value is -1.35. The van der Waals surface area contributed by atoms with Crippen LogP contribution in [0.5, 0.6) is 0 Å². The third kappa shape index (κ3) is 2.91. The van der Waals surface area contributed by atoms with Crippen LogP contribution in [-0.2, 0) is 10.4 Å². The van der Waals surface area contributed by atoms with Gasteiger partial charge in [-0.15, -0.1) is 0 Å². The fourth-order valence-electron chi connectivity index (χ4n) is 2.44. The molecule has 3 nitrogen and oxygen atoms in total. The standard InChI is InChI=1S/C15H22O3/c1-4-15(5-2,13(16)17)11-14(3,18)12-9-7-6-8-10-12/h6-10,18H,4-5,11H2,1-3H3,(H,16,17). The minimum Gasteiger partial charge on any atom is -0.481 e. The van der Waals surface area contributed by atoms with Crippen LogP contribution in [-0.4, -0.2) is 16.2 Å². The largest absolute Gasteiger partial charge is 0.481 e. The van der Waals surface area contributed by atoms with Gasteiger partial charge in [0.2, 0.25) is 0 Å². The summed E-state index contributed by atoms with van der Waals surface area (Å²) in [7, 11) is 0. The summed E-state index contributed by atoms with van der Waals surface area (Å²) in [5.41, 5.74) is -1.22. The van der Waals surface area contributed by atoms with Gasteiger partial charge in [0.15, 0.2) is 0 Å². The van der Waals surface area contributed by atoms with Crippen LogP contribution >= 0.6 is 0 Å². The smallest absolute Gasteiger partial charge is 0.309 e. The van der Waals surface area contributed by atoms with Crippen LogP contribution in [0.25, 0.3) is 0 Å². The molecule has 0 amide bonds. The lowest BCUT2D eigenvalue weighted by atomic mass is 9.72. The lowest BCUT2D eigenvalue weighted by Gasteiger charge is -2.35. The number of rotatable bonds is 6. The zero-order valence-corrected chi connectivity index (χ0v) is 11.3. The van der Waals surface area contributed by atoms with Gasteiger partial charge in [-0.05, 0) is 31.7 Å². The Labute approximate surface area is 108 Å². The Balaban J connectivity index is 3.04. The molecule has 1 atom stereocenters. The van der Waals surface area contributed by atoms with Gasteiger partial charge in [0, 0.05) is 0 Å². The molecular weight excluding hydrogens is 228 g/mol. The lowest BCUT2D eigenvalue weighted by molar-refractivity contribution is -0.154. The summed E-state index contributed by atoms with van der Waals surface area (Å²) in [6.45, 7) is 5.41. The van der Waals surface area contributed by atoms with Gasteiger partial charge in [-0.2, -0.15) is 0 Å². The van der Waals surface area contributed by atoms with Gasteiger partial charge in [-0.1, -0.05) is 44.2 Å². The Kier molecular flexibility index (Phi) is 4.52. The summed E-state index contributed by atoms with van der Waals surface area (Å²) in [5, 5.41) is 20.0. The lowest BCUT2D eigenvalue weighted by Crippen LogP contribution is -2.38. The Bertz CT molecular complexity index is 391. The van der Waals surface area contributed by atoms with Crippen LogP contribution in [0, 0.1) is 5.41 Å². The van der Waals surface area contributed by atoms with Gasteiger partial charge < -0.3 is 10.2 Å². The van der Waals surface area contributed by atoms with E-state index in [0.29, 0.717) is 12.8 Å². The fourth-order valence-corrected chi connectivity index (χ4v) is 2.44. The van der Waals surface area contributed by atoms with Crippen molar-refractivity contribution in [3.05, 3.63) is 35.9 Å². The number of carboxylic acids is 1. The summed E-state index contributed by atoms with van der Waals surface area (Å²) in [6, 6.07) is 9.24. The molecule has 2 N–H and O–H groups in total. The maximum atomic E-state index is 11.5. The van der Waals surface area contributed by atoms with E-state index >= 15 is 0 Å². The first-order valence-electron chi connectivity index (χ1n) is 6.39. The molecular formula is C15H22O3. The molecule has 1 rings (SSSR count). The molecule has 0 heterocycles. The molecule has 0 radical (unpaired) electrons. The summed E-state index contributed by atoms with van der Waals surface area (Å²) in [6.07, 6.45) is 1.26. The maximum Gasteiger partial charge on any atom is 0.309 e. The first-order chi connectivity index (χ1) is 8.38. The third-order valence-corrected chi connectivity index (χ3v) is 3.89. The van der Waals surface area contributed by atoms with Crippen LogP contribution in [0.1, 0.15) is 45.6 Å². The summed E-state index contributed by atoms with van der Waals surface area (Å²) < 4.78 is 0. The fraction of sp³-hybridized carbons (Fsp3) is 0.533. The van der Waals surface area contributed by atoms with Crippen molar-refractivity contribution in [2.75, 3.05) is 0 Å². The second-order valence-corrected chi connectivity index (χ2v) is 5.11. The van der Waals surface area contributed by atoms with E-state index in [-0.39, 0.29) is 6.42 Å². The van der Waals surface area contributed by atoms with Crippen molar-refractivity contribution in [3.63, 3.8) is 0 Å². The van der Waals surface area contributed by atoms with Gasteiger partial charge in [-0.3, -0.25) is 4.79 Å². The maximum absolute atomic E-state index is 11.5. The molecule has 3 heteroatoms. The van der Waals surface area contributed by atoms with Gasteiger partial charge in [-0.25, -0.2) is 0 Å². The van der Waals surface area contributed by atoms with E-state index in [1.54, 1.807) is 6.92 Å². The van der Waals surface area contributed by atoms with Crippen LogP contribution in [0.3, 0.4) is 0 Å². The zero-order valence-electron chi connectivity index (χ0n) is 11.3. The van der Waals surface area contributed by atoms with Gasteiger partial charge in [0.25, 0.3) is 0 Å². The SMILES string of the molecule is CCC(CC)(CC(C)(O)c1ccccc1)C(=O)O. The topological polar surface area (TPSA) is 57.5 Å². The first kappa shape index (κ1) is 14.7. The highest BCUT2D eigenvalue weighted by Crippen LogP contribution is 2.40. The van der Waals surface area contributed by atoms with Crippen molar-refractivity contribution in [1.82, 2.24) is 0 Å². The molecule has 100 valence electrons. The summed E-state index contributed by atoms with van der Waals surface area (Å²) in [4.78, 5) is 11.5. The Morgan fingerprint density at radius 2 is 1.67 bits per heavy atom. The summed E-state index contributed by atoms with van der Waals surface area (Å²) in [5.74, 6) is -0.830. The van der Waals surface area contributed by atoms with Crippen molar-refractivity contribution in [3.8, 4) is 0 Å². The van der Waals surface area contributed by atoms with E-state index in [9.17, 15) is 15.0 Å². The molecule has 0 saturated heterocycles. The first-order valence-corrected chi connectivity index (χ1v) is 6.39. The Morgan fingerprint density at radius 1 is 1.17 bits per heavy atom. The van der Waals surface area contributed by atoms with Crippen LogP contribution in [0.4, 0.5) is 0 Å². The average Bonchev–Trinajstić information content (AvgIpc) is 2.37. The highest BCUT2D eigenvalue weighted by atomic mass is 16.4. The number of carboxylic acid groups (broad SMARTS) is 1. The quantitative estimate of drug-likeness (QED) is 0.815. The third-order valence-electron chi connectivity index (χ3n) is 3.89. The van der Waals surface area contributed by atoms with Crippen LogP contribution < -0.4 is 0 Å². The van der Waals surface area contributed by atoms with Gasteiger partial charge >= 0.3 is 5.97 Å². The molecule has 0 aromatic heterocycles. The van der Waals surface area contributed by atoms with E-state index in [0.717, 1.165) is 5.56 Å². The zero-order chi connectivity index (χ0) is 13.8. The number of aliphatic carboxylic acids is 1. The molecule has 0 saturated carbocycles. The van der Waals surface area contributed by atoms with Crippen molar-refractivity contribution in [1.29, 1.82) is 0 Å². The molecule has 0 spiro atoms. The minimum absolute atomic E-state index is 0.229. The molecule has 0 fully saturated rings. The summed E-state index contributed by atoms with van der Waals surface area (Å²) >= 11 is 0. The predicted octanol–water partition coefficient (Wildman–Crippen LogP) is 3.18. The minimum atomic E-state index is -1.12. The highest BCUT2D eigenvalue weighted by molar-refractivity contribution is 5.74. The molecule has 0 bridgehead atoms. The van der Waals surface area contributed by atoms with E-state index < -0.39 is 17.0 Å². The van der Waals surface area contributed by atoms with Crippen molar-refractivity contribution >= 4 is 5.97 Å². The highest BCUT2D eigenvalue weighted by Gasteiger charge is 2.41. The number of hydrogen-bond acceptors (Lipinski definition) is 2. The number of carbonyl (C=O) groups is 1. The average molecular weight is 250 g/mol. The van der Waals surface area contributed by atoms with Crippen molar-refractivity contribution in [2.24, 2.45) is 5.41 Å². The molecule has 18 heavy (non-hydrogen) atoms. The molecule has 1 unspecified atom stereocenters. The molecule has 0 aliphatic carbocycles. The second kappa shape index (κ2) is 5.53. The number of aliphatic hydroxyl groups is 1. The molecule has 1 aromatic rings. The number of hydrogen-bond donors (Lipinski definition) is 2. The van der Waals surface area contributed by atoms with Crippen molar-refractivity contribution < 1.29 is 15.0 Å².